The third-order valence-corrected chi connectivity index (χ3v) is 2.86. The molecule has 1 aromatic rings. The van der Waals surface area contributed by atoms with Crippen molar-refractivity contribution in [2.45, 2.75) is 19.4 Å². The highest BCUT2D eigenvalue weighted by atomic mass is 15.3. The monoisotopic (exact) mass is 205 g/mol. The second kappa shape index (κ2) is 4.41. The molecule has 0 radical (unpaired) electrons. The molecule has 80 valence electrons. The van der Waals surface area contributed by atoms with E-state index in [0.717, 1.165) is 38.3 Å². The van der Waals surface area contributed by atoms with Crippen molar-refractivity contribution in [3.8, 4) is 6.07 Å². The van der Waals surface area contributed by atoms with E-state index < -0.39 is 0 Å². The lowest BCUT2D eigenvalue weighted by molar-refractivity contribution is 0.186. The maximum atomic E-state index is 8.88. The predicted molar refractivity (Wildman–Crippen MR) is 54.6 cm³/mol. The van der Waals surface area contributed by atoms with Gasteiger partial charge in [-0.25, -0.2) is 4.98 Å². The van der Waals surface area contributed by atoms with Gasteiger partial charge in [0.2, 0.25) is 0 Å². The van der Waals surface area contributed by atoms with Crippen molar-refractivity contribution in [3.05, 3.63) is 12.2 Å². The first-order chi connectivity index (χ1) is 7.29. The Hall–Kier alpha value is -1.41. The highest BCUT2D eigenvalue weighted by molar-refractivity contribution is 4.91. The van der Waals surface area contributed by atoms with Crippen LogP contribution in [0.3, 0.4) is 0 Å². The molecule has 1 aliphatic heterocycles. The summed E-state index contributed by atoms with van der Waals surface area (Å²) < 4.78 is 1.79. The fourth-order valence-corrected chi connectivity index (χ4v) is 1.97. The van der Waals surface area contributed by atoms with Crippen LogP contribution in [0.15, 0.2) is 6.33 Å². The second-order valence-electron chi connectivity index (χ2n) is 4.00. The summed E-state index contributed by atoms with van der Waals surface area (Å²) in [7, 11) is 1.90. The van der Waals surface area contributed by atoms with Crippen molar-refractivity contribution in [2.75, 3.05) is 13.1 Å². The van der Waals surface area contributed by atoms with Crippen LogP contribution in [0.1, 0.15) is 18.7 Å². The lowest BCUT2D eigenvalue weighted by Crippen LogP contribution is -2.35. The minimum atomic E-state index is 0.187. The van der Waals surface area contributed by atoms with Crippen molar-refractivity contribution in [1.82, 2.24) is 19.7 Å². The summed E-state index contributed by atoms with van der Waals surface area (Å²) in [6.45, 7) is 2.73. The van der Waals surface area contributed by atoms with Gasteiger partial charge in [-0.05, 0) is 19.4 Å². The Morgan fingerprint density at radius 2 is 2.53 bits per heavy atom. The van der Waals surface area contributed by atoms with Gasteiger partial charge in [0.05, 0.1) is 18.5 Å². The summed E-state index contributed by atoms with van der Waals surface area (Å²) in [4.78, 5) is 6.47. The van der Waals surface area contributed by atoms with Gasteiger partial charge in [-0.3, -0.25) is 9.58 Å². The van der Waals surface area contributed by atoms with Gasteiger partial charge in [0.1, 0.15) is 12.2 Å². The SMILES string of the molecule is Cn1ncnc1CN1CCCC(C#N)C1. The smallest absolute Gasteiger partial charge is 0.140 e. The molecule has 2 rings (SSSR count). The molecule has 5 heteroatoms. The van der Waals surface area contributed by atoms with Gasteiger partial charge in [-0.2, -0.15) is 10.4 Å². The summed E-state index contributed by atoms with van der Waals surface area (Å²) in [6, 6.07) is 2.34. The minimum absolute atomic E-state index is 0.187. The van der Waals surface area contributed by atoms with Crippen LogP contribution in [0.25, 0.3) is 0 Å². The lowest BCUT2D eigenvalue weighted by Gasteiger charge is -2.28. The van der Waals surface area contributed by atoms with Gasteiger partial charge in [0, 0.05) is 13.6 Å². The minimum Gasteiger partial charge on any atom is -0.295 e. The highest BCUT2D eigenvalue weighted by Gasteiger charge is 2.20. The Morgan fingerprint density at radius 3 is 3.20 bits per heavy atom. The molecular formula is C10H15N5. The van der Waals surface area contributed by atoms with Crippen LogP contribution in [0.4, 0.5) is 0 Å². The zero-order valence-electron chi connectivity index (χ0n) is 8.93. The molecule has 0 amide bonds. The van der Waals surface area contributed by atoms with Gasteiger partial charge in [-0.15, -0.1) is 0 Å². The number of likely N-dealkylation sites (tertiary alicyclic amines) is 1. The first-order valence-electron chi connectivity index (χ1n) is 5.24. The zero-order valence-corrected chi connectivity index (χ0v) is 8.93. The highest BCUT2D eigenvalue weighted by Crippen LogP contribution is 2.16. The van der Waals surface area contributed by atoms with Crippen molar-refractivity contribution in [1.29, 1.82) is 5.26 Å². The number of hydrogen-bond acceptors (Lipinski definition) is 4. The molecule has 0 spiro atoms. The van der Waals surface area contributed by atoms with E-state index in [4.69, 9.17) is 5.26 Å². The number of nitrogens with zero attached hydrogens (tertiary/aromatic N) is 5. The van der Waals surface area contributed by atoms with Crippen molar-refractivity contribution < 1.29 is 0 Å². The fourth-order valence-electron chi connectivity index (χ4n) is 1.97. The molecule has 1 fully saturated rings. The zero-order chi connectivity index (χ0) is 10.7. The van der Waals surface area contributed by atoms with Gasteiger partial charge in [-0.1, -0.05) is 0 Å². The van der Waals surface area contributed by atoms with E-state index in [9.17, 15) is 0 Å². The first-order valence-corrected chi connectivity index (χ1v) is 5.24. The number of piperidine rings is 1. The molecule has 0 bridgehead atoms. The van der Waals surface area contributed by atoms with E-state index >= 15 is 0 Å². The first kappa shape index (κ1) is 10.1. The van der Waals surface area contributed by atoms with Crippen LogP contribution >= 0.6 is 0 Å². The topological polar surface area (TPSA) is 57.7 Å². The van der Waals surface area contributed by atoms with Gasteiger partial charge < -0.3 is 0 Å². The normalized spacial score (nSPS) is 22.5. The van der Waals surface area contributed by atoms with Crippen LogP contribution in [0.5, 0.6) is 0 Å². The van der Waals surface area contributed by atoms with Crippen LogP contribution < -0.4 is 0 Å². The molecule has 0 aromatic carbocycles. The number of hydrogen-bond donors (Lipinski definition) is 0. The average molecular weight is 205 g/mol. The second-order valence-corrected chi connectivity index (χ2v) is 4.00. The Bertz CT molecular complexity index is 364. The third-order valence-electron chi connectivity index (χ3n) is 2.86. The Labute approximate surface area is 89.3 Å². The lowest BCUT2D eigenvalue weighted by atomic mass is 10.00. The quantitative estimate of drug-likeness (QED) is 0.707. The van der Waals surface area contributed by atoms with E-state index in [1.807, 2.05) is 7.05 Å². The van der Waals surface area contributed by atoms with Gasteiger partial charge >= 0.3 is 0 Å². The summed E-state index contributed by atoms with van der Waals surface area (Å²) in [5.74, 6) is 1.15. The molecule has 2 heterocycles. The van der Waals surface area contributed by atoms with E-state index in [2.05, 4.69) is 21.1 Å². The molecule has 1 aromatic heterocycles. The molecular weight excluding hydrogens is 190 g/mol. The van der Waals surface area contributed by atoms with Gasteiger partial charge in [0.15, 0.2) is 0 Å². The van der Waals surface area contributed by atoms with E-state index in [-0.39, 0.29) is 5.92 Å². The number of rotatable bonds is 2. The predicted octanol–water partition coefficient (Wildman–Crippen LogP) is 0.551. The molecule has 15 heavy (non-hydrogen) atoms. The van der Waals surface area contributed by atoms with E-state index in [1.54, 1.807) is 11.0 Å². The molecule has 1 unspecified atom stereocenters. The third kappa shape index (κ3) is 2.34. The van der Waals surface area contributed by atoms with Crippen molar-refractivity contribution in [3.63, 3.8) is 0 Å². The summed E-state index contributed by atoms with van der Waals surface area (Å²) in [5, 5.41) is 12.9. The molecule has 1 aliphatic rings. The van der Waals surface area contributed by atoms with Gasteiger partial charge in [0.25, 0.3) is 0 Å². The molecule has 0 saturated carbocycles. The summed E-state index contributed by atoms with van der Waals surface area (Å²) in [5.41, 5.74) is 0. The van der Waals surface area contributed by atoms with E-state index in [0.29, 0.717) is 0 Å². The van der Waals surface area contributed by atoms with Crippen LogP contribution in [0, 0.1) is 17.2 Å². The molecule has 5 nitrogen and oxygen atoms in total. The molecule has 1 saturated heterocycles. The molecule has 0 N–H and O–H groups in total. The Morgan fingerprint density at radius 1 is 1.67 bits per heavy atom. The van der Waals surface area contributed by atoms with Crippen LogP contribution in [-0.2, 0) is 13.6 Å². The number of aromatic nitrogens is 3. The Kier molecular flexibility index (Phi) is 2.97. The maximum absolute atomic E-state index is 8.88. The maximum Gasteiger partial charge on any atom is 0.140 e. The fraction of sp³-hybridized carbons (Fsp3) is 0.700. The Balaban J connectivity index is 1.95. The van der Waals surface area contributed by atoms with Crippen LogP contribution in [-0.4, -0.2) is 32.8 Å². The van der Waals surface area contributed by atoms with Crippen molar-refractivity contribution >= 4 is 0 Å². The number of nitriles is 1. The summed E-state index contributed by atoms with van der Waals surface area (Å²) in [6.07, 6.45) is 3.71. The van der Waals surface area contributed by atoms with Crippen LogP contribution in [0.2, 0.25) is 0 Å². The van der Waals surface area contributed by atoms with E-state index in [1.165, 1.54) is 0 Å². The number of aryl methyl sites for hydroxylation is 1. The summed E-state index contributed by atoms with van der Waals surface area (Å²) >= 11 is 0. The molecule has 1 atom stereocenters. The average Bonchev–Trinajstić information content (AvgIpc) is 2.65. The van der Waals surface area contributed by atoms with Crippen molar-refractivity contribution in [2.24, 2.45) is 13.0 Å². The molecule has 0 aliphatic carbocycles. The standard InChI is InChI=1S/C10H15N5/c1-14-10(12-8-13-14)7-15-4-2-3-9(5-11)6-15/h8-9H,2-4,6-7H2,1H3. The largest absolute Gasteiger partial charge is 0.295 e.